The van der Waals surface area contributed by atoms with Crippen molar-refractivity contribution in [1.82, 2.24) is 14.8 Å². The molecule has 1 N–H and O–H groups in total. The van der Waals surface area contributed by atoms with Crippen LogP contribution in [0.1, 0.15) is 13.3 Å². The highest BCUT2D eigenvalue weighted by molar-refractivity contribution is 7.71. The maximum atomic E-state index is 10.8. The highest BCUT2D eigenvalue weighted by Crippen LogP contribution is 2.22. The van der Waals surface area contributed by atoms with Crippen LogP contribution in [0.15, 0.2) is 24.3 Å². The predicted octanol–water partition coefficient (Wildman–Crippen LogP) is 2.93. The van der Waals surface area contributed by atoms with E-state index in [0.717, 1.165) is 13.0 Å². The zero-order chi connectivity index (χ0) is 13.1. The zero-order valence-electron chi connectivity index (χ0n) is 9.79. The van der Waals surface area contributed by atoms with Crippen LogP contribution in [-0.2, 0) is 6.54 Å². The Morgan fingerprint density at radius 2 is 2.33 bits per heavy atom. The minimum Gasteiger partial charge on any atom is -0.300 e. The molecular formula is C11H12N4O2S. The van der Waals surface area contributed by atoms with Gasteiger partial charge in [-0.15, -0.1) is 0 Å². The van der Waals surface area contributed by atoms with Crippen molar-refractivity contribution in [3.8, 4) is 11.4 Å². The summed E-state index contributed by atoms with van der Waals surface area (Å²) in [6, 6.07) is 6.37. The molecule has 7 heteroatoms. The third-order valence-corrected chi connectivity index (χ3v) is 2.83. The third-order valence-electron chi connectivity index (χ3n) is 2.52. The van der Waals surface area contributed by atoms with E-state index in [1.807, 2.05) is 11.5 Å². The fraction of sp³-hybridized carbons (Fsp3) is 0.273. The summed E-state index contributed by atoms with van der Waals surface area (Å²) >= 11 is 5.13. The standard InChI is InChI=1S/C11H12N4O2S/c1-2-6-14-10(12-13-11(14)18)8-4-3-5-9(7-8)15(16)17/h3-5,7H,2,6H2,1H3,(H,13,18). The number of nitrogens with zero attached hydrogens (tertiary/aromatic N) is 3. The van der Waals surface area contributed by atoms with Crippen LogP contribution in [0.25, 0.3) is 11.4 Å². The van der Waals surface area contributed by atoms with E-state index in [1.165, 1.54) is 12.1 Å². The minimum atomic E-state index is -0.422. The Morgan fingerprint density at radius 3 is 3.00 bits per heavy atom. The number of H-pyrrole nitrogens is 1. The van der Waals surface area contributed by atoms with E-state index in [-0.39, 0.29) is 5.69 Å². The number of benzene rings is 1. The van der Waals surface area contributed by atoms with Crippen molar-refractivity contribution in [2.45, 2.75) is 19.9 Å². The van der Waals surface area contributed by atoms with Crippen LogP contribution in [0.5, 0.6) is 0 Å². The second-order valence-electron chi connectivity index (χ2n) is 3.81. The molecule has 0 aliphatic carbocycles. The SMILES string of the molecule is CCCn1c(-c2cccc([N+](=O)[O-])c2)n[nH]c1=S. The molecule has 1 heterocycles. The first-order chi connectivity index (χ1) is 8.63. The first kappa shape index (κ1) is 12.4. The van der Waals surface area contributed by atoms with Crippen LogP contribution in [0.2, 0.25) is 0 Å². The van der Waals surface area contributed by atoms with Gasteiger partial charge in [0, 0.05) is 24.2 Å². The number of nitrogens with one attached hydrogen (secondary N) is 1. The molecular weight excluding hydrogens is 252 g/mol. The number of nitro groups is 1. The molecule has 0 aliphatic heterocycles. The third kappa shape index (κ3) is 2.30. The van der Waals surface area contributed by atoms with Gasteiger partial charge >= 0.3 is 0 Å². The molecule has 0 radical (unpaired) electrons. The summed E-state index contributed by atoms with van der Waals surface area (Å²) < 4.78 is 2.37. The van der Waals surface area contributed by atoms with E-state index < -0.39 is 4.92 Å². The Balaban J connectivity index is 2.51. The van der Waals surface area contributed by atoms with E-state index in [1.54, 1.807) is 12.1 Å². The normalized spacial score (nSPS) is 10.5. The molecule has 1 aromatic heterocycles. The van der Waals surface area contributed by atoms with Gasteiger partial charge in [0.15, 0.2) is 10.6 Å². The second kappa shape index (κ2) is 5.09. The summed E-state index contributed by atoms with van der Waals surface area (Å²) in [5.74, 6) is 0.630. The molecule has 0 fully saturated rings. The van der Waals surface area contributed by atoms with Crippen molar-refractivity contribution >= 4 is 17.9 Å². The lowest BCUT2D eigenvalue weighted by molar-refractivity contribution is -0.384. The van der Waals surface area contributed by atoms with Gasteiger partial charge in [0.2, 0.25) is 0 Å². The molecule has 0 spiro atoms. The van der Waals surface area contributed by atoms with Crippen molar-refractivity contribution in [1.29, 1.82) is 0 Å². The van der Waals surface area contributed by atoms with E-state index in [9.17, 15) is 10.1 Å². The van der Waals surface area contributed by atoms with Crippen LogP contribution >= 0.6 is 12.2 Å². The number of hydrogen-bond donors (Lipinski definition) is 1. The molecule has 0 atom stereocenters. The first-order valence-corrected chi connectivity index (χ1v) is 5.94. The first-order valence-electron chi connectivity index (χ1n) is 5.53. The van der Waals surface area contributed by atoms with Gasteiger partial charge in [0.1, 0.15) is 0 Å². The Hall–Kier alpha value is -2.02. The Morgan fingerprint density at radius 1 is 1.56 bits per heavy atom. The largest absolute Gasteiger partial charge is 0.300 e. The Bertz CT molecular complexity index is 632. The van der Waals surface area contributed by atoms with Crippen LogP contribution in [0.3, 0.4) is 0 Å². The summed E-state index contributed by atoms with van der Waals surface area (Å²) in [6.07, 6.45) is 0.912. The van der Waals surface area contributed by atoms with Gasteiger partial charge < -0.3 is 4.57 Å². The molecule has 94 valence electrons. The quantitative estimate of drug-likeness (QED) is 0.523. The highest BCUT2D eigenvalue weighted by atomic mass is 32.1. The zero-order valence-corrected chi connectivity index (χ0v) is 10.6. The Kier molecular flexibility index (Phi) is 3.52. The average Bonchev–Trinajstić information content (AvgIpc) is 2.72. The topological polar surface area (TPSA) is 76.8 Å². The number of hydrogen-bond acceptors (Lipinski definition) is 4. The van der Waals surface area contributed by atoms with Gasteiger partial charge in [0.05, 0.1) is 4.92 Å². The summed E-state index contributed by atoms with van der Waals surface area (Å²) in [7, 11) is 0. The molecule has 2 aromatic rings. The van der Waals surface area contributed by atoms with Crippen molar-refractivity contribution < 1.29 is 4.92 Å². The van der Waals surface area contributed by atoms with E-state index in [4.69, 9.17) is 12.2 Å². The number of nitro benzene ring substituents is 1. The molecule has 2 rings (SSSR count). The average molecular weight is 264 g/mol. The van der Waals surface area contributed by atoms with E-state index in [0.29, 0.717) is 16.2 Å². The smallest absolute Gasteiger partial charge is 0.270 e. The van der Waals surface area contributed by atoms with Crippen LogP contribution in [-0.4, -0.2) is 19.7 Å². The fourth-order valence-corrected chi connectivity index (χ4v) is 1.95. The lowest BCUT2D eigenvalue weighted by atomic mass is 10.2. The molecule has 1 aromatic carbocycles. The molecule has 0 aliphatic rings. The fourth-order valence-electron chi connectivity index (χ4n) is 1.73. The van der Waals surface area contributed by atoms with Gasteiger partial charge in [0.25, 0.3) is 5.69 Å². The lowest BCUT2D eigenvalue weighted by Gasteiger charge is -2.04. The molecule has 0 unspecified atom stereocenters. The molecule has 0 bridgehead atoms. The van der Waals surface area contributed by atoms with Crippen LogP contribution in [0, 0.1) is 14.9 Å². The number of rotatable bonds is 4. The number of aromatic nitrogens is 3. The molecule has 0 saturated heterocycles. The summed E-state index contributed by atoms with van der Waals surface area (Å²) in [5, 5.41) is 17.6. The van der Waals surface area contributed by atoms with Gasteiger partial charge in [-0.1, -0.05) is 19.1 Å². The maximum absolute atomic E-state index is 10.8. The highest BCUT2D eigenvalue weighted by Gasteiger charge is 2.12. The monoisotopic (exact) mass is 264 g/mol. The van der Waals surface area contributed by atoms with Crippen molar-refractivity contribution in [3.63, 3.8) is 0 Å². The van der Waals surface area contributed by atoms with E-state index >= 15 is 0 Å². The van der Waals surface area contributed by atoms with Crippen LogP contribution in [0.4, 0.5) is 5.69 Å². The van der Waals surface area contributed by atoms with Gasteiger partial charge in [-0.3, -0.25) is 15.2 Å². The van der Waals surface area contributed by atoms with E-state index in [2.05, 4.69) is 10.2 Å². The van der Waals surface area contributed by atoms with Crippen molar-refractivity contribution in [3.05, 3.63) is 39.2 Å². The molecule has 6 nitrogen and oxygen atoms in total. The number of aromatic amines is 1. The van der Waals surface area contributed by atoms with Gasteiger partial charge in [-0.2, -0.15) is 5.10 Å². The molecule has 0 amide bonds. The summed E-state index contributed by atoms with van der Waals surface area (Å²) in [6.45, 7) is 2.76. The van der Waals surface area contributed by atoms with Gasteiger partial charge in [-0.05, 0) is 18.6 Å². The molecule has 0 saturated carbocycles. The maximum Gasteiger partial charge on any atom is 0.270 e. The minimum absolute atomic E-state index is 0.0458. The summed E-state index contributed by atoms with van der Waals surface area (Å²) in [4.78, 5) is 10.3. The Labute approximate surface area is 108 Å². The summed E-state index contributed by atoms with van der Waals surface area (Å²) in [5.41, 5.74) is 0.731. The van der Waals surface area contributed by atoms with Crippen molar-refractivity contribution in [2.24, 2.45) is 0 Å². The van der Waals surface area contributed by atoms with Crippen molar-refractivity contribution in [2.75, 3.05) is 0 Å². The van der Waals surface area contributed by atoms with Crippen LogP contribution < -0.4 is 0 Å². The van der Waals surface area contributed by atoms with Gasteiger partial charge in [-0.25, -0.2) is 0 Å². The number of non-ortho nitro benzene ring substituents is 1. The second-order valence-corrected chi connectivity index (χ2v) is 4.20. The predicted molar refractivity (Wildman–Crippen MR) is 69.8 cm³/mol. The molecule has 18 heavy (non-hydrogen) atoms. The lowest BCUT2D eigenvalue weighted by Crippen LogP contribution is -2.00.